The Kier molecular flexibility index (Phi) is 6.33. The van der Waals surface area contributed by atoms with E-state index in [9.17, 15) is 18.4 Å². The summed E-state index contributed by atoms with van der Waals surface area (Å²) in [6.45, 7) is 1.84. The second-order valence-electron chi connectivity index (χ2n) is 6.35. The van der Waals surface area contributed by atoms with E-state index in [0.717, 1.165) is 23.3 Å². The van der Waals surface area contributed by atoms with Gasteiger partial charge in [-0.2, -0.15) is 0 Å². The number of nitrogens with one attached hydrogen (secondary N) is 2. The summed E-state index contributed by atoms with van der Waals surface area (Å²) in [5, 5.41) is 4.98. The molecule has 2 rings (SSSR count). The van der Waals surface area contributed by atoms with Crippen molar-refractivity contribution < 1.29 is 18.4 Å². The number of aryl methyl sites for hydroxylation is 1. The molecule has 0 aliphatic carbocycles. The minimum atomic E-state index is -0.791. The molecular formula is C19H22F2N4O2. The van der Waals surface area contributed by atoms with Gasteiger partial charge in [-0.1, -0.05) is 24.3 Å². The number of halogens is 2. The summed E-state index contributed by atoms with van der Waals surface area (Å²) in [6.07, 6.45) is -0.146. The first-order chi connectivity index (χ1) is 12.7. The molecule has 0 aliphatic rings. The summed E-state index contributed by atoms with van der Waals surface area (Å²) >= 11 is 0. The first kappa shape index (κ1) is 20.2. The molecule has 4 N–H and O–H groups in total. The van der Waals surface area contributed by atoms with Gasteiger partial charge in [0.25, 0.3) is 0 Å². The molecule has 1 atom stereocenters. The van der Waals surface area contributed by atoms with Crippen LogP contribution < -0.4 is 21.3 Å². The van der Waals surface area contributed by atoms with E-state index in [1.807, 2.05) is 19.1 Å². The Hall–Kier alpha value is -3.16. The number of carbonyl (C=O) groups excluding carboxylic acids is 2. The zero-order chi connectivity index (χ0) is 20.1. The second-order valence-corrected chi connectivity index (χ2v) is 6.35. The van der Waals surface area contributed by atoms with Crippen LogP contribution in [0.5, 0.6) is 0 Å². The molecule has 8 heteroatoms. The van der Waals surface area contributed by atoms with Crippen molar-refractivity contribution in [2.24, 2.45) is 5.73 Å². The maximum Gasteiger partial charge on any atom is 0.312 e. The van der Waals surface area contributed by atoms with Crippen LogP contribution >= 0.6 is 0 Å². The number of nitrogens with two attached hydrogens (primary N) is 1. The van der Waals surface area contributed by atoms with Gasteiger partial charge in [0.15, 0.2) is 11.6 Å². The van der Waals surface area contributed by atoms with Gasteiger partial charge in [-0.15, -0.1) is 0 Å². The fraction of sp³-hybridized carbons (Fsp3) is 0.263. The zero-order valence-electron chi connectivity index (χ0n) is 15.3. The van der Waals surface area contributed by atoms with E-state index in [1.54, 1.807) is 12.1 Å². The molecule has 0 aromatic heterocycles. The van der Waals surface area contributed by atoms with E-state index in [4.69, 9.17) is 5.73 Å². The zero-order valence-corrected chi connectivity index (χ0v) is 15.3. The minimum absolute atomic E-state index is 0.0109. The van der Waals surface area contributed by atoms with E-state index in [1.165, 1.54) is 19.0 Å². The van der Waals surface area contributed by atoms with Crippen molar-refractivity contribution in [3.8, 4) is 0 Å². The highest BCUT2D eigenvalue weighted by molar-refractivity contribution is 5.92. The Morgan fingerprint density at radius 3 is 2.26 bits per heavy atom. The molecule has 27 heavy (non-hydrogen) atoms. The molecular weight excluding hydrogens is 354 g/mol. The maximum atomic E-state index is 14.1. The van der Waals surface area contributed by atoms with Crippen molar-refractivity contribution in [2.45, 2.75) is 19.4 Å². The lowest BCUT2D eigenvalue weighted by Gasteiger charge is -2.20. The quantitative estimate of drug-likeness (QED) is 0.724. The lowest BCUT2D eigenvalue weighted by molar-refractivity contribution is -0.116. The molecule has 2 aromatic carbocycles. The van der Waals surface area contributed by atoms with Crippen molar-refractivity contribution in [1.82, 2.24) is 5.32 Å². The van der Waals surface area contributed by atoms with Crippen LogP contribution in [0.2, 0.25) is 0 Å². The van der Waals surface area contributed by atoms with Crippen LogP contribution in [-0.4, -0.2) is 26.0 Å². The predicted molar refractivity (Wildman–Crippen MR) is 101 cm³/mol. The van der Waals surface area contributed by atoms with Crippen LogP contribution in [0.15, 0.2) is 36.4 Å². The number of urea groups is 1. The highest BCUT2D eigenvalue weighted by Gasteiger charge is 2.20. The molecule has 0 fully saturated rings. The topological polar surface area (TPSA) is 87.5 Å². The van der Waals surface area contributed by atoms with Crippen LogP contribution in [0.4, 0.5) is 25.0 Å². The summed E-state index contributed by atoms with van der Waals surface area (Å²) in [5.41, 5.74) is 6.60. The number of benzene rings is 2. The van der Waals surface area contributed by atoms with Crippen LogP contribution in [-0.2, 0) is 4.79 Å². The molecule has 0 saturated carbocycles. The molecule has 2 aromatic rings. The molecule has 0 saturated heterocycles. The Morgan fingerprint density at radius 2 is 1.74 bits per heavy atom. The SMILES string of the molecule is Cc1ccccc1[C@@H](CC(=O)Nc1cc(F)c(N(C)C)c(F)c1)NC(N)=O. The fourth-order valence-electron chi connectivity index (χ4n) is 2.85. The molecule has 0 radical (unpaired) electrons. The number of amides is 3. The van der Waals surface area contributed by atoms with Crippen molar-refractivity contribution in [3.05, 3.63) is 59.2 Å². The van der Waals surface area contributed by atoms with Crippen LogP contribution in [0, 0.1) is 18.6 Å². The van der Waals surface area contributed by atoms with Crippen molar-refractivity contribution in [2.75, 3.05) is 24.3 Å². The normalized spacial score (nSPS) is 11.6. The third kappa shape index (κ3) is 5.16. The molecule has 0 aliphatic heterocycles. The van der Waals surface area contributed by atoms with Crippen LogP contribution in [0.25, 0.3) is 0 Å². The van der Waals surface area contributed by atoms with Gasteiger partial charge >= 0.3 is 6.03 Å². The maximum absolute atomic E-state index is 14.1. The molecule has 6 nitrogen and oxygen atoms in total. The number of carbonyl (C=O) groups is 2. The second kappa shape index (κ2) is 8.48. The summed E-state index contributed by atoms with van der Waals surface area (Å²) in [4.78, 5) is 25.0. The number of nitrogens with zero attached hydrogens (tertiary/aromatic N) is 1. The Morgan fingerprint density at radius 1 is 1.15 bits per heavy atom. The summed E-state index contributed by atoms with van der Waals surface area (Å²) in [7, 11) is 3.03. The van der Waals surface area contributed by atoms with Crippen molar-refractivity contribution in [1.29, 1.82) is 0 Å². The molecule has 3 amide bonds. The standard InChI is InChI=1S/C19H22F2N4O2/c1-11-6-4-5-7-13(11)16(24-19(22)27)10-17(26)23-12-8-14(20)18(25(2)3)15(21)9-12/h4-9,16H,10H2,1-3H3,(H,23,26)(H3,22,24,27)/t16-/m1/s1. The smallest absolute Gasteiger partial charge is 0.312 e. The molecule has 0 unspecified atom stereocenters. The summed E-state index contributed by atoms with van der Waals surface area (Å²) in [5.74, 6) is -2.10. The fourth-order valence-corrected chi connectivity index (χ4v) is 2.85. The lowest BCUT2D eigenvalue weighted by Crippen LogP contribution is -2.35. The van der Waals surface area contributed by atoms with Crippen LogP contribution in [0.1, 0.15) is 23.6 Å². The van der Waals surface area contributed by atoms with E-state index >= 15 is 0 Å². The minimum Gasteiger partial charge on any atom is -0.373 e. The van der Waals surface area contributed by atoms with Crippen molar-refractivity contribution in [3.63, 3.8) is 0 Å². The van der Waals surface area contributed by atoms with Gasteiger partial charge < -0.3 is 21.3 Å². The number of primary amides is 1. The number of anilines is 2. The molecule has 0 bridgehead atoms. The molecule has 144 valence electrons. The first-order valence-electron chi connectivity index (χ1n) is 8.26. The van der Waals surface area contributed by atoms with Gasteiger partial charge in [0.1, 0.15) is 5.69 Å². The third-order valence-electron chi connectivity index (χ3n) is 4.02. The Bertz CT molecular complexity index is 832. The number of hydrogen-bond donors (Lipinski definition) is 3. The highest BCUT2D eigenvalue weighted by Crippen LogP contribution is 2.26. The predicted octanol–water partition coefficient (Wildman–Crippen LogP) is 3.08. The van der Waals surface area contributed by atoms with Gasteiger partial charge in [-0.05, 0) is 30.2 Å². The number of hydrogen-bond acceptors (Lipinski definition) is 3. The van der Waals surface area contributed by atoms with E-state index in [-0.39, 0.29) is 17.8 Å². The van der Waals surface area contributed by atoms with E-state index in [0.29, 0.717) is 0 Å². The number of rotatable bonds is 6. The molecule has 0 spiro atoms. The largest absolute Gasteiger partial charge is 0.373 e. The summed E-state index contributed by atoms with van der Waals surface area (Å²) in [6, 6.07) is 7.87. The Labute approximate surface area is 156 Å². The molecule has 0 heterocycles. The van der Waals surface area contributed by atoms with Gasteiger partial charge in [-0.3, -0.25) is 4.79 Å². The average molecular weight is 376 g/mol. The lowest BCUT2D eigenvalue weighted by atomic mass is 9.98. The first-order valence-corrected chi connectivity index (χ1v) is 8.26. The van der Waals surface area contributed by atoms with Gasteiger partial charge in [-0.25, -0.2) is 13.6 Å². The van der Waals surface area contributed by atoms with Gasteiger partial charge in [0, 0.05) is 19.8 Å². The Balaban J connectivity index is 2.19. The van der Waals surface area contributed by atoms with Crippen LogP contribution in [0.3, 0.4) is 0 Å². The van der Waals surface area contributed by atoms with Gasteiger partial charge in [0.05, 0.1) is 12.5 Å². The monoisotopic (exact) mass is 376 g/mol. The van der Waals surface area contributed by atoms with Gasteiger partial charge in [0.2, 0.25) is 5.91 Å². The van der Waals surface area contributed by atoms with E-state index in [2.05, 4.69) is 10.6 Å². The van der Waals surface area contributed by atoms with Crippen molar-refractivity contribution >= 4 is 23.3 Å². The highest BCUT2D eigenvalue weighted by atomic mass is 19.1. The average Bonchev–Trinajstić information content (AvgIpc) is 2.53. The summed E-state index contributed by atoms with van der Waals surface area (Å²) < 4.78 is 28.1. The van der Waals surface area contributed by atoms with E-state index < -0.39 is 29.6 Å². The third-order valence-corrected chi connectivity index (χ3v) is 4.02.